The maximum absolute atomic E-state index is 14.0. The molecule has 1 saturated heterocycles. The van der Waals surface area contributed by atoms with Crippen molar-refractivity contribution in [2.45, 2.75) is 6.92 Å². The number of aryl methyl sites for hydroxylation is 1. The SMILES string of the molecule is Cc1onc(-c2ccccc2Cl)c1C(=O)N(CCN1CCOCC1)c1nc2ccc(Cl)cc2s1.Cl. The van der Waals surface area contributed by atoms with Gasteiger partial charge in [-0.2, -0.15) is 0 Å². The molecular weight excluding hydrogens is 531 g/mol. The number of rotatable bonds is 6. The summed E-state index contributed by atoms with van der Waals surface area (Å²) in [4.78, 5) is 22.8. The van der Waals surface area contributed by atoms with Crippen molar-refractivity contribution in [2.75, 3.05) is 44.3 Å². The van der Waals surface area contributed by atoms with Crippen molar-refractivity contribution in [3.8, 4) is 11.3 Å². The number of benzene rings is 2. The van der Waals surface area contributed by atoms with Crippen LogP contribution in [0.2, 0.25) is 10.0 Å². The number of carbonyl (C=O) groups is 1. The van der Waals surface area contributed by atoms with Crippen molar-refractivity contribution in [1.29, 1.82) is 0 Å². The van der Waals surface area contributed by atoms with Crippen molar-refractivity contribution in [3.05, 3.63) is 63.8 Å². The summed E-state index contributed by atoms with van der Waals surface area (Å²) in [6.07, 6.45) is 0. The molecule has 2 aromatic heterocycles. The second-order valence-corrected chi connectivity index (χ2v) is 9.81. The Kier molecular flexibility index (Phi) is 8.31. The summed E-state index contributed by atoms with van der Waals surface area (Å²) in [6, 6.07) is 12.8. The van der Waals surface area contributed by atoms with Gasteiger partial charge in [0.15, 0.2) is 5.13 Å². The molecule has 11 heteroatoms. The summed E-state index contributed by atoms with van der Waals surface area (Å²) in [5, 5.41) is 5.91. The zero-order valence-corrected chi connectivity index (χ0v) is 22.0. The summed E-state index contributed by atoms with van der Waals surface area (Å²) in [6.45, 7) is 5.92. The molecular formula is C24H23Cl3N4O3S. The third kappa shape index (κ3) is 5.48. The van der Waals surface area contributed by atoms with Crippen molar-refractivity contribution in [2.24, 2.45) is 0 Å². The average Bonchev–Trinajstić information content (AvgIpc) is 3.43. The van der Waals surface area contributed by atoms with E-state index in [2.05, 4.69) is 10.1 Å². The van der Waals surface area contributed by atoms with E-state index in [0.29, 0.717) is 64.1 Å². The molecule has 5 rings (SSSR count). The number of hydrogen-bond acceptors (Lipinski definition) is 7. The molecule has 35 heavy (non-hydrogen) atoms. The van der Waals surface area contributed by atoms with Crippen LogP contribution in [0.3, 0.4) is 0 Å². The first-order chi connectivity index (χ1) is 16.5. The van der Waals surface area contributed by atoms with E-state index in [9.17, 15) is 4.79 Å². The predicted octanol–water partition coefficient (Wildman–Crippen LogP) is 5.97. The van der Waals surface area contributed by atoms with Gasteiger partial charge in [-0.15, -0.1) is 12.4 Å². The Balaban J connectivity index is 0.00000289. The van der Waals surface area contributed by atoms with Crippen LogP contribution in [-0.2, 0) is 4.74 Å². The zero-order valence-electron chi connectivity index (χ0n) is 18.9. The van der Waals surface area contributed by atoms with Gasteiger partial charge in [0.05, 0.1) is 28.5 Å². The van der Waals surface area contributed by atoms with Crippen LogP contribution in [0.1, 0.15) is 16.1 Å². The molecule has 0 spiro atoms. The monoisotopic (exact) mass is 552 g/mol. The standard InChI is InChI=1S/C24H22Cl2N4O3S.ClH/c1-15-21(22(28-33-15)17-4-2-3-5-18(17)26)23(31)30(9-8-29-10-12-32-13-11-29)24-27-19-7-6-16(25)14-20(19)34-24;/h2-7,14H,8-13H2,1H3;1H. The molecule has 0 radical (unpaired) electrons. The van der Waals surface area contributed by atoms with Gasteiger partial charge in [0.25, 0.3) is 5.91 Å². The fraction of sp³-hybridized carbons (Fsp3) is 0.292. The minimum Gasteiger partial charge on any atom is -0.379 e. The summed E-state index contributed by atoms with van der Waals surface area (Å²) in [5.41, 5.74) is 2.25. The zero-order chi connectivity index (χ0) is 23.7. The van der Waals surface area contributed by atoms with Gasteiger partial charge in [-0.25, -0.2) is 4.98 Å². The van der Waals surface area contributed by atoms with Crippen molar-refractivity contribution < 1.29 is 14.1 Å². The van der Waals surface area contributed by atoms with Gasteiger partial charge in [-0.05, 0) is 31.2 Å². The van der Waals surface area contributed by atoms with Gasteiger partial charge in [-0.3, -0.25) is 14.6 Å². The second kappa shape index (κ2) is 11.2. The molecule has 4 aromatic rings. The molecule has 0 unspecified atom stereocenters. The normalized spacial score (nSPS) is 14.1. The van der Waals surface area contributed by atoms with Crippen molar-refractivity contribution >= 4 is 68.2 Å². The molecule has 0 atom stereocenters. The largest absolute Gasteiger partial charge is 0.379 e. The number of anilines is 1. The van der Waals surface area contributed by atoms with Gasteiger partial charge < -0.3 is 9.26 Å². The first kappa shape index (κ1) is 25.9. The van der Waals surface area contributed by atoms with Crippen LogP contribution in [0.15, 0.2) is 47.0 Å². The van der Waals surface area contributed by atoms with Gasteiger partial charge in [0, 0.05) is 36.8 Å². The molecule has 184 valence electrons. The smallest absolute Gasteiger partial charge is 0.266 e. The minimum atomic E-state index is -0.230. The molecule has 1 aliphatic heterocycles. The first-order valence-corrected chi connectivity index (χ1v) is 12.5. The van der Waals surface area contributed by atoms with Crippen LogP contribution in [0, 0.1) is 6.92 Å². The topological polar surface area (TPSA) is 71.7 Å². The van der Waals surface area contributed by atoms with Gasteiger partial charge in [-0.1, -0.05) is 57.9 Å². The summed E-state index contributed by atoms with van der Waals surface area (Å²) < 4.78 is 11.8. The summed E-state index contributed by atoms with van der Waals surface area (Å²) in [7, 11) is 0. The van der Waals surface area contributed by atoms with E-state index in [1.54, 1.807) is 24.0 Å². The quantitative estimate of drug-likeness (QED) is 0.293. The van der Waals surface area contributed by atoms with E-state index in [1.165, 1.54) is 11.3 Å². The number of aromatic nitrogens is 2. The number of hydrogen-bond donors (Lipinski definition) is 0. The van der Waals surface area contributed by atoms with Crippen LogP contribution in [0.4, 0.5) is 5.13 Å². The Morgan fingerprint density at radius 2 is 1.94 bits per heavy atom. The Labute approximate surface area is 223 Å². The Morgan fingerprint density at radius 1 is 1.17 bits per heavy atom. The predicted molar refractivity (Wildman–Crippen MR) is 142 cm³/mol. The Bertz CT molecular complexity index is 1340. The third-order valence-electron chi connectivity index (χ3n) is 5.76. The number of carbonyl (C=O) groups excluding carboxylic acids is 1. The molecule has 2 aromatic carbocycles. The van der Waals surface area contributed by atoms with Crippen molar-refractivity contribution in [1.82, 2.24) is 15.0 Å². The van der Waals surface area contributed by atoms with Crippen LogP contribution >= 0.6 is 46.9 Å². The molecule has 1 fully saturated rings. The highest BCUT2D eigenvalue weighted by molar-refractivity contribution is 7.22. The number of morpholine rings is 1. The van der Waals surface area contributed by atoms with Gasteiger partial charge >= 0.3 is 0 Å². The molecule has 0 N–H and O–H groups in total. The minimum absolute atomic E-state index is 0. The van der Waals surface area contributed by atoms with E-state index < -0.39 is 0 Å². The second-order valence-electron chi connectivity index (χ2n) is 7.96. The number of thiazole rings is 1. The molecule has 3 heterocycles. The summed E-state index contributed by atoms with van der Waals surface area (Å²) in [5.74, 6) is 0.201. The maximum Gasteiger partial charge on any atom is 0.266 e. The van der Waals surface area contributed by atoms with Crippen LogP contribution in [-0.4, -0.2) is 60.3 Å². The van der Waals surface area contributed by atoms with Crippen LogP contribution < -0.4 is 4.90 Å². The van der Waals surface area contributed by atoms with Crippen molar-refractivity contribution in [3.63, 3.8) is 0 Å². The van der Waals surface area contributed by atoms with E-state index >= 15 is 0 Å². The fourth-order valence-electron chi connectivity index (χ4n) is 3.95. The number of amides is 1. The molecule has 0 bridgehead atoms. The lowest BCUT2D eigenvalue weighted by atomic mass is 10.1. The number of nitrogens with zero attached hydrogens (tertiary/aromatic N) is 4. The van der Waals surface area contributed by atoms with Crippen LogP contribution in [0.5, 0.6) is 0 Å². The lowest BCUT2D eigenvalue weighted by Gasteiger charge is -2.29. The highest BCUT2D eigenvalue weighted by atomic mass is 35.5. The fourth-order valence-corrected chi connectivity index (χ4v) is 5.44. The lowest BCUT2D eigenvalue weighted by molar-refractivity contribution is 0.0391. The lowest BCUT2D eigenvalue weighted by Crippen LogP contribution is -2.43. The molecule has 0 saturated carbocycles. The first-order valence-electron chi connectivity index (χ1n) is 10.9. The number of ether oxygens (including phenoxy) is 1. The van der Waals surface area contributed by atoms with E-state index in [-0.39, 0.29) is 18.3 Å². The molecule has 0 aliphatic carbocycles. The molecule has 1 amide bonds. The van der Waals surface area contributed by atoms with E-state index in [0.717, 1.165) is 23.3 Å². The van der Waals surface area contributed by atoms with E-state index in [1.807, 2.05) is 30.3 Å². The maximum atomic E-state index is 14.0. The van der Waals surface area contributed by atoms with Gasteiger partial charge in [0.1, 0.15) is 17.0 Å². The highest BCUT2D eigenvalue weighted by Gasteiger charge is 2.30. The Morgan fingerprint density at radius 3 is 2.71 bits per heavy atom. The van der Waals surface area contributed by atoms with E-state index in [4.69, 9.17) is 37.4 Å². The Hall–Kier alpha value is -2.20. The third-order valence-corrected chi connectivity index (χ3v) is 7.37. The van der Waals surface area contributed by atoms with Gasteiger partial charge in [0.2, 0.25) is 0 Å². The highest BCUT2D eigenvalue weighted by Crippen LogP contribution is 2.35. The number of fused-ring (bicyclic) bond motifs is 1. The summed E-state index contributed by atoms with van der Waals surface area (Å²) >= 11 is 14.0. The number of halogens is 3. The average molecular weight is 554 g/mol. The molecule has 1 aliphatic rings. The molecule has 7 nitrogen and oxygen atoms in total. The van der Waals surface area contributed by atoms with Crippen LogP contribution in [0.25, 0.3) is 21.5 Å².